The molecule has 0 saturated carbocycles. The third kappa shape index (κ3) is 4.09. The van der Waals surface area contributed by atoms with Crippen LogP contribution in [-0.2, 0) is 10.0 Å². The van der Waals surface area contributed by atoms with Gasteiger partial charge in [0, 0.05) is 19.1 Å². The molecule has 0 spiro atoms. The highest BCUT2D eigenvalue weighted by atomic mass is 32.2. The van der Waals surface area contributed by atoms with E-state index < -0.39 is 10.0 Å². The first-order chi connectivity index (χ1) is 7.06. The third-order valence-corrected chi connectivity index (χ3v) is 4.79. The van der Waals surface area contributed by atoms with E-state index in [4.69, 9.17) is 5.73 Å². The Morgan fingerprint density at radius 1 is 1.27 bits per heavy atom. The van der Waals surface area contributed by atoms with Gasteiger partial charge < -0.3 is 5.73 Å². The largest absolute Gasteiger partial charge is 0.327 e. The minimum absolute atomic E-state index is 0.112. The Balaban J connectivity index is 2.49. The van der Waals surface area contributed by atoms with E-state index in [0.29, 0.717) is 13.1 Å². The maximum absolute atomic E-state index is 11.9. The lowest BCUT2D eigenvalue weighted by Crippen LogP contribution is -2.42. The smallest absolute Gasteiger partial charge is 0.215 e. The van der Waals surface area contributed by atoms with Crippen molar-refractivity contribution in [1.29, 1.82) is 0 Å². The standard InChI is InChI=1S/C10H22N2O2S/c1-2-6-10(11)9-15(13,14)12-7-4-3-5-8-12/h10H,2-9,11H2,1H3. The van der Waals surface area contributed by atoms with Crippen molar-refractivity contribution in [3.05, 3.63) is 0 Å². The van der Waals surface area contributed by atoms with Crippen LogP contribution in [0.15, 0.2) is 0 Å². The van der Waals surface area contributed by atoms with Gasteiger partial charge in [-0.3, -0.25) is 0 Å². The van der Waals surface area contributed by atoms with Crippen molar-refractivity contribution in [2.24, 2.45) is 5.73 Å². The van der Waals surface area contributed by atoms with Gasteiger partial charge in [-0.1, -0.05) is 19.8 Å². The molecule has 0 aromatic heterocycles. The molecular weight excluding hydrogens is 212 g/mol. The van der Waals surface area contributed by atoms with Crippen molar-refractivity contribution in [2.45, 2.75) is 45.1 Å². The summed E-state index contributed by atoms with van der Waals surface area (Å²) in [6.07, 6.45) is 4.85. The van der Waals surface area contributed by atoms with Gasteiger partial charge in [0.15, 0.2) is 0 Å². The number of hydrogen-bond acceptors (Lipinski definition) is 3. The molecule has 0 aromatic rings. The first-order valence-electron chi connectivity index (χ1n) is 5.79. The Bertz CT molecular complexity index is 271. The van der Waals surface area contributed by atoms with Gasteiger partial charge in [0.1, 0.15) is 0 Å². The number of rotatable bonds is 5. The molecule has 1 atom stereocenters. The quantitative estimate of drug-likeness (QED) is 0.769. The van der Waals surface area contributed by atoms with Gasteiger partial charge in [0.05, 0.1) is 5.75 Å². The average molecular weight is 234 g/mol. The fourth-order valence-electron chi connectivity index (χ4n) is 1.97. The Morgan fingerprint density at radius 3 is 2.40 bits per heavy atom. The van der Waals surface area contributed by atoms with Crippen LogP contribution in [0.2, 0.25) is 0 Å². The molecule has 0 aliphatic carbocycles. The molecule has 15 heavy (non-hydrogen) atoms. The molecule has 90 valence electrons. The van der Waals surface area contributed by atoms with Gasteiger partial charge in [-0.05, 0) is 19.3 Å². The SMILES string of the molecule is CCCC(N)CS(=O)(=O)N1CCCCC1. The highest BCUT2D eigenvalue weighted by Crippen LogP contribution is 2.14. The number of nitrogens with two attached hydrogens (primary N) is 1. The molecule has 5 heteroatoms. The van der Waals surface area contributed by atoms with E-state index in [1.807, 2.05) is 6.92 Å². The van der Waals surface area contributed by atoms with E-state index in [1.54, 1.807) is 4.31 Å². The lowest BCUT2D eigenvalue weighted by Gasteiger charge is -2.27. The third-order valence-electron chi connectivity index (χ3n) is 2.79. The Hall–Kier alpha value is -0.130. The summed E-state index contributed by atoms with van der Waals surface area (Å²) in [5.41, 5.74) is 5.77. The zero-order chi connectivity index (χ0) is 11.3. The fraction of sp³-hybridized carbons (Fsp3) is 1.00. The van der Waals surface area contributed by atoms with E-state index >= 15 is 0 Å². The highest BCUT2D eigenvalue weighted by Gasteiger charge is 2.25. The first-order valence-corrected chi connectivity index (χ1v) is 7.40. The summed E-state index contributed by atoms with van der Waals surface area (Å²) in [4.78, 5) is 0. The fourth-order valence-corrected chi connectivity index (χ4v) is 3.71. The number of piperidine rings is 1. The molecule has 0 radical (unpaired) electrons. The summed E-state index contributed by atoms with van der Waals surface area (Å²) < 4.78 is 25.4. The molecule has 1 heterocycles. The topological polar surface area (TPSA) is 63.4 Å². The molecule has 2 N–H and O–H groups in total. The minimum Gasteiger partial charge on any atom is -0.327 e. The van der Waals surface area contributed by atoms with Crippen molar-refractivity contribution in [1.82, 2.24) is 4.31 Å². The molecule has 1 unspecified atom stereocenters. The van der Waals surface area contributed by atoms with E-state index in [1.165, 1.54) is 0 Å². The van der Waals surface area contributed by atoms with Gasteiger partial charge in [-0.2, -0.15) is 0 Å². The van der Waals surface area contributed by atoms with Crippen molar-refractivity contribution in [3.63, 3.8) is 0 Å². The lowest BCUT2D eigenvalue weighted by atomic mass is 10.2. The summed E-state index contributed by atoms with van der Waals surface area (Å²) in [5.74, 6) is 0.112. The predicted octanol–water partition coefficient (Wildman–Crippen LogP) is 0.929. The summed E-state index contributed by atoms with van der Waals surface area (Å²) in [6.45, 7) is 3.38. The van der Waals surface area contributed by atoms with E-state index in [2.05, 4.69) is 0 Å². The van der Waals surface area contributed by atoms with Crippen LogP contribution in [0.1, 0.15) is 39.0 Å². The van der Waals surface area contributed by atoms with E-state index in [0.717, 1.165) is 32.1 Å². The average Bonchev–Trinajstić information content (AvgIpc) is 2.18. The number of hydrogen-bond donors (Lipinski definition) is 1. The van der Waals surface area contributed by atoms with E-state index in [-0.39, 0.29) is 11.8 Å². The normalized spacial score (nSPS) is 21.5. The van der Waals surface area contributed by atoms with Crippen molar-refractivity contribution in [2.75, 3.05) is 18.8 Å². The summed E-state index contributed by atoms with van der Waals surface area (Å²) in [6, 6.07) is -0.207. The molecule has 4 nitrogen and oxygen atoms in total. The monoisotopic (exact) mass is 234 g/mol. The second kappa shape index (κ2) is 5.82. The Kier molecular flexibility index (Phi) is 5.02. The predicted molar refractivity (Wildman–Crippen MR) is 62.1 cm³/mol. The molecule has 1 saturated heterocycles. The number of nitrogens with zero attached hydrogens (tertiary/aromatic N) is 1. The van der Waals surface area contributed by atoms with E-state index in [9.17, 15) is 8.42 Å². The second-order valence-corrected chi connectivity index (χ2v) is 6.30. The van der Waals surface area contributed by atoms with Crippen molar-refractivity contribution >= 4 is 10.0 Å². The molecule has 1 aliphatic heterocycles. The Labute approximate surface area is 92.9 Å². The maximum atomic E-state index is 11.9. The van der Waals surface area contributed by atoms with Crippen LogP contribution in [0, 0.1) is 0 Å². The van der Waals surface area contributed by atoms with Crippen LogP contribution in [0.5, 0.6) is 0 Å². The van der Waals surface area contributed by atoms with Crippen LogP contribution in [0.3, 0.4) is 0 Å². The minimum atomic E-state index is -3.10. The molecule has 1 rings (SSSR count). The van der Waals surface area contributed by atoms with Crippen LogP contribution in [0.4, 0.5) is 0 Å². The van der Waals surface area contributed by atoms with Crippen LogP contribution < -0.4 is 5.73 Å². The molecule has 0 bridgehead atoms. The molecule has 0 aromatic carbocycles. The van der Waals surface area contributed by atoms with Gasteiger partial charge in [-0.15, -0.1) is 0 Å². The Morgan fingerprint density at radius 2 is 1.87 bits per heavy atom. The maximum Gasteiger partial charge on any atom is 0.215 e. The second-order valence-electron chi connectivity index (χ2n) is 4.29. The summed E-state index contributed by atoms with van der Waals surface area (Å²) in [7, 11) is -3.10. The molecule has 0 amide bonds. The summed E-state index contributed by atoms with van der Waals surface area (Å²) in [5, 5.41) is 0. The van der Waals surface area contributed by atoms with Crippen LogP contribution in [-0.4, -0.2) is 37.6 Å². The van der Waals surface area contributed by atoms with Gasteiger partial charge in [0.25, 0.3) is 0 Å². The highest BCUT2D eigenvalue weighted by molar-refractivity contribution is 7.89. The zero-order valence-corrected chi connectivity index (χ0v) is 10.3. The van der Waals surface area contributed by atoms with Gasteiger partial charge >= 0.3 is 0 Å². The molecule has 1 fully saturated rings. The van der Waals surface area contributed by atoms with Crippen LogP contribution >= 0.6 is 0 Å². The lowest BCUT2D eigenvalue weighted by molar-refractivity contribution is 0.345. The molecule has 1 aliphatic rings. The van der Waals surface area contributed by atoms with Crippen LogP contribution in [0.25, 0.3) is 0 Å². The molecular formula is C10H22N2O2S. The number of sulfonamides is 1. The van der Waals surface area contributed by atoms with Crippen molar-refractivity contribution in [3.8, 4) is 0 Å². The summed E-state index contributed by atoms with van der Waals surface area (Å²) >= 11 is 0. The zero-order valence-electron chi connectivity index (χ0n) is 9.48. The van der Waals surface area contributed by atoms with Gasteiger partial charge in [0.2, 0.25) is 10.0 Å². The van der Waals surface area contributed by atoms with Gasteiger partial charge in [-0.25, -0.2) is 12.7 Å². The first kappa shape index (κ1) is 12.9. The van der Waals surface area contributed by atoms with Crippen molar-refractivity contribution < 1.29 is 8.42 Å².